The normalized spacial score (nSPS) is 17.8. The fourth-order valence-electron chi connectivity index (χ4n) is 1.90. The van der Waals surface area contributed by atoms with Crippen LogP contribution in [0.2, 0.25) is 0 Å². The van der Waals surface area contributed by atoms with Gasteiger partial charge in [0, 0.05) is 0 Å². The molecule has 0 aliphatic carbocycles. The van der Waals surface area contributed by atoms with Crippen LogP contribution in [-0.2, 0) is 0 Å². The van der Waals surface area contributed by atoms with Crippen LogP contribution in [0.4, 0.5) is 110 Å². The third-order valence-corrected chi connectivity index (χ3v) is 4.16. The van der Waals surface area contributed by atoms with Crippen molar-refractivity contribution in [1.29, 1.82) is 0 Å². The molecule has 25 heteroatoms. The predicted molar refractivity (Wildman–Crippen MR) is 61.5 cm³/mol. The highest BCUT2D eigenvalue weighted by atomic mass is 19.4. The summed E-state index contributed by atoms with van der Waals surface area (Å²) < 4.78 is 319. The first kappa shape index (κ1) is 35.2. The maximum absolute atomic E-state index is 13.3. The highest BCUT2D eigenvalue weighted by Crippen LogP contribution is 2.66. The largest absolute Gasteiger partial charge is 0.460 e. The van der Waals surface area contributed by atoms with Gasteiger partial charge in [0.05, 0.1) is 0 Å². The van der Waals surface area contributed by atoms with Crippen molar-refractivity contribution in [1.82, 2.24) is 0 Å². The van der Waals surface area contributed by atoms with Gasteiger partial charge in [-0.2, -0.15) is 105 Å². The summed E-state index contributed by atoms with van der Waals surface area (Å²) in [6, 6.07) is 0. The Morgan fingerprint density at radius 1 is 0.243 bits per heavy atom. The molecule has 0 aliphatic rings. The molecule has 0 aromatic heterocycles. The zero-order chi connectivity index (χ0) is 31.1. The van der Waals surface area contributed by atoms with Crippen LogP contribution in [0.1, 0.15) is 0 Å². The molecule has 0 bridgehead atoms. The van der Waals surface area contributed by atoms with Gasteiger partial charge >= 0.3 is 65.7 Å². The van der Waals surface area contributed by atoms with Gasteiger partial charge in [-0.15, -0.1) is 0 Å². The van der Waals surface area contributed by atoms with Crippen LogP contribution in [0.5, 0.6) is 0 Å². The first-order valence-corrected chi connectivity index (χ1v) is 7.58. The van der Waals surface area contributed by atoms with Crippen molar-refractivity contribution in [2.75, 3.05) is 0 Å². The van der Waals surface area contributed by atoms with E-state index in [1.165, 1.54) is 0 Å². The van der Waals surface area contributed by atoms with E-state index in [9.17, 15) is 110 Å². The molecule has 0 N–H and O–H groups in total. The molecule has 0 aliphatic heterocycles. The summed E-state index contributed by atoms with van der Waals surface area (Å²) in [5.41, 5.74) is 0. The zero-order valence-electron chi connectivity index (χ0n) is 15.5. The third kappa shape index (κ3) is 4.28. The van der Waals surface area contributed by atoms with Gasteiger partial charge in [0.2, 0.25) is 6.17 Å². The molecular formula is C12HF25. The van der Waals surface area contributed by atoms with Gasteiger partial charge < -0.3 is 0 Å². The first-order chi connectivity index (χ1) is 15.4. The maximum Gasteiger partial charge on any atom is 0.460 e. The Morgan fingerprint density at radius 2 is 0.459 bits per heavy atom. The molecule has 0 spiro atoms. The SMILES string of the molecule is FC(C(F)(F)C(F)(F)F)C(F)(F)C(F)(F)C(F)(F)C(F)(F)C(F)(F)C(F)(F)C(F)(F)C(F)(F)C(F)(F)F. The van der Waals surface area contributed by atoms with Crippen molar-refractivity contribution in [2.45, 2.75) is 71.8 Å². The van der Waals surface area contributed by atoms with Gasteiger partial charge in [0.25, 0.3) is 0 Å². The lowest BCUT2D eigenvalue weighted by atomic mass is 9.86. The predicted octanol–water partition coefficient (Wildman–Crippen LogP) is 8.17. The van der Waals surface area contributed by atoms with Gasteiger partial charge in [-0.05, 0) is 0 Å². The number of hydrogen-bond acceptors (Lipinski definition) is 0. The molecule has 0 nitrogen and oxygen atoms in total. The van der Waals surface area contributed by atoms with E-state index in [2.05, 4.69) is 0 Å². The van der Waals surface area contributed by atoms with Crippen molar-refractivity contribution >= 4 is 0 Å². The van der Waals surface area contributed by atoms with Gasteiger partial charge in [-0.1, -0.05) is 0 Å². The average molecular weight is 620 g/mol. The zero-order valence-corrected chi connectivity index (χ0v) is 15.5. The lowest BCUT2D eigenvalue weighted by Gasteiger charge is -2.44. The Labute approximate surface area is 183 Å². The second-order valence-electron chi connectivity index (χ2n) is 6.62. The molecule has 0 saturated heterocycles. The summed E-state index contributed by atoms with van der Waals surface area (Å²) >= 11 is 0. The third-order valence-electron chi connectivity index (χ3n) is 4.16. The summed E-state index contributed by atoms with van der Waals surface area (Å²) in [5, 5.41) is 0. The van der Waals surface area contributed by atoms with Crippen molar-refractivity contribution < 1.29 is 110 Å². The Balaban J connectivity index is 7.11. The van der Waals surface area contributed by atoms with Gasteiger partial charge in [0.15, 0.2) is 0 Å². The van der Waals surface area contributed by atoms with E-state index >= 15 is 0 Å². The van der Waals surface area contributed by atoms with Gasteiger partial charge in [0.1, 0.15) is 0 Å². The van der Waals surface area contributed by atoms with Gasteiger partial charge in [-0.25, -0.2) is 4.39 Å². The molecule has 1 atom stereocenters. The molecule has 0 radical (unpaired) electrons. The van der Waals surface area contributed by atoms with Gasteiger partial charge in [-0.3, -0.25) is 0 Å². The second kappa shape index (κ2) is 8.37. The monoisotopic (exact) mass is 620 g/mol. The van der Waals surface area contributed by atoms with Crippen LogP contribution in [0.15, 0.2) is 0 Å². The highest BCUT2D eigenvalue weighted by Gasteiger charge is 2.97. The lowest BCUT2D eigenvalue weighted by Crippen LogP contribution is -2.77. The number of halogens is 25. The average Bonchev–Trinajstić information content (AvgIpc) is 2.64. The maximum atomic E-state index is 13.3. The molecule has 224 valence electrons. The van der Waals surface area contributed by atoms with Crippen LogP contribution in [0.25, 0.3) is 0 Å². The summed E-state index contributed by atoms with van der Waals surface area (Å²) in [4.78, 5) is 0. The molecular weight excluding hydrogens is 619 g/mol. The fraction of sp³-hybridized carbons (Fsp3) is 1.00. The molecule has 0 fully saturated rings. The van der Waals surface area contributed by atoms with Crippen LogP contribution < -0.4 is 0 Å². The van der Waals surface area contributed by atoms with E-state index in [0.717, 1.165) is 0 Å². The molecule has 1 unspecified atom stereocenters. The van der Waals surface area contributed by atoms with Crippen molar-refractivity contribution in [3.8, 4) is 0 Å². The minimum absolute atomic E-state index is 7.15. The Hall–Kier alpha value is -1.75. The summed E-state index contributed by atoms with van der Waals surface area (Å²) in [5.74, 6) is -81.0. The molecule has 0 aromatic rings. The van der Waals surface area contributed by atoms with E-state index in [-0.39, 0.29) is 0 Å². The van der Waals surface area contributed by atoms with Crippen LogP contribution in [0.3, 0.4) is 0 Å². The number of alkyl halides is 25. The highest BCUT2D eigenvalue weighted by molar-refractivity contribution is 5.18. The molecule has 0 aromatic carbocycles. The molecule has 0 amide bonds. The molecule has 0 heterocycles. The van der Waals surface area contributed by atoms with Crippen LogP contribution in [0, 0.1) is 0 Å². The first-order valence-electron chi connectivity index (χ1n) is 7.58. The standard InChI is InChI=1S/C12HF25/c13-1(3(16,17)11(32,33)34)2(14,15)4(18,19)5(20,21)6(22,23)7(24,25)8(26,27)9(28,29)10(30,31)12(35,36)37/h1H. The Kier molecular flexibility index (Phi) is 7.98. The number of hydrogen-bond donors (Lipinski definition) is 0. The summed E-state index contributed by atoms with van der Waals surface area (Å²) in [6.45, 7) is 0. The van der Waals surface area contributed by atoms with Crippen molar-refractivity contribution in [2.24, 2.45) is 0 Å². The molecule has 0 rings (SSSR count). The van der Waals surface area contributed by atoms with E-state index < -0.39 is 71.8 Å². The minimum Gasteiger partial charge on any atom is -0.233 e. The minimum atomic E-state index is -9.46. The van der Waals surface area contributed by atoms with Crippen LogP contribution >= 0.6 is 0 Å². The van der Waals surface area contributed by atoms with E-state index in [0.29, 0.717) is 0 Å². The Bertz CT molecular complexity index is 822. The lowest BCUT2D eigenvalue weighted by molar-refractivity contribution is -0.472. The quantitative estimate of drug-likeness (QED) is 0.229. The molecule has 0 saturated carbocycles. The smallest absolute Gasteiger partial charge is 0.233 e. The molecule has 37 heavy (non-hydrogen) atoms. The Morgan fingerprint density at radius 3 is 0.676 bits per heavy atom. The summed E-state index contributed by atoms with van der Waals surface area (Å²) in [7, 11) is 0. The fourth-order valence-corrected chi connectivity index (χ4v) is 1.90. The summed E-state index contributed by atoms with van der Waals surface area (Å²) in [6.07, 6.45) is -23.1. The van der Waals surface area contributed by atoms with E-state index in [4.69, 9.17) is 0 Å². The van der Waals surface area contributed by atoms with Crippen molar-refractivity contribution in [3.05, 3.63) is 0 Å². The van der Waals surface area contributed by atoms with E-state index in [1.54, 1.807) is 0 Å². The second-order valence-corrected chi connectivity index (χ2v) is 6.62. The van der Waals surface area contributed by atoms with Crippen LogP contribution in [-0.4, -0.2) is 71.8 Å². The number of rotatable bonds is 9. The van der Waals surface area contributed by atoms with E-state index in [1.807, 2.05) is 0 Å². The topological polar surface area (TPSA) is 0 Å². The van der Waals surface area contributed by atoms with Crippen molar-refractivity contribution in [3.63, 3.8) is 0 Å².